The SMILES string of the molecule is CN1CCCCC1(C)C(=O)N1CCC(c2cnccn2)CC1. The minimum absolute atomic E-state index is 0.308. The molecule has 0 aromatic carbocycles. The van der Waals surface area contributed by atoms with Crippen molar-refractivity contribution in [1.29, 1.82) is 0 Å². The largest absolute Gasteiger partial charge is 0.341 e. The third kappa shape index (κ3) is 2.86. The van der Waals surface area contributed by atoms with E-state index in [1.807, 2.05) is 6.20 Å². The molecule has 2 aliphatic heterocycles. The molecular weight excluding hydrogens is 276 g/mol. The maximum absolute atomic E-state index is 13.0. The van der Waals surface area contributed by atoms with Crippen molar-refractivity contribution < 1.29 is 4.79 Å². The highest BCUT2D eigenvalue weighted by molar-refractivity contribution is 5.86. The van der Waals surface area contributed by atoms with E-state index in [-0.39, 0.29) is 5.54 Å². The van der Waals surface area contributed by atoms with Gasteiger partial charge in [-0.05, 0) is 52.6 Å². The van der Waals surface area contributed by atoms with Crippen LogP contribution in [0.5, 0.6) is 0 Å². The number of amides is 1. The number of aromatic nitrogens is 2. The Balaban J connectivity index is 1.62. The van der Waals surface area contributed by atoms with Gasteiger partial charge in [-0.1, -0.05) is 0 Å². The monoisotopic (exact) mass is 302 g/mol. The molecule has 2 aliphatic rings. The molecule has 120 valence electrons. The molecule has 0 bridgehead atoms. The second-order valence-corrected chi connectivity index (χ2v) is 6.85. The van der Waals surface area contributed by atoms with Crippen LogP contribution >= 0.6 is 0 Å². The molecule has 5 heteroatoms. The number of hydrogen-bond acceptors (Lipinski definition) is 4. The average molecular weight is 302 g/mol. The second-order valence-electron chi connectivity index (χ2n) is 6.85. The highest BCUT2D eigenvalue weighted by Gasteiger charge is 2.42. The van der Waals surface area contributed by atoms with Crippen LogP contribution in [-0.4, -0.2) is 57.9 Å². The Morgan fingerprint density at radius 1 is 1.23 bits per heavy atom. The predicted molar refractivity (Wildman–Crippen MR) is 85.5 cm³/mol. The molecule has 1 aromatic heterocycles. The van der Waals surface area contributed by atoms with E-state index in [0.717, 1.165) is 51.0 Å². The minimum Gasteiger partial charge on any atom is -0.341 e. The van der Waals surface area contributed by atoms with Crippen molar-refractivity contribution in [2.45, 2.75) is 50.5 Å². The van der Waals surface area contributed by atoms with Crippen molar-refractivity contribution in [3.8, 4) is 0 Å². The molecule has 2 saturated heterocycles. The van der Waals surface area contributed by atoms with Gasteiger partial charge in [-0.15, -0.1) is 0 Å². The highest BCUT2D eigenvalue weighted by atomic mass is 16.2. The van der Waals surface area contributed by atoms with E-state index in [4.69, 9.17) is 0 Å². The van der Waals surface area contributed by atoms with Gasteiger partial charge in [-0.2, -0.15) is 0 Å². The molecule has 22 heavy (non-hydrogen) atoms. The van der Waals surface area contributed by atoms with Crippen LogP contribution in [0.1, 0.15) is 50.6 Å². The lowest BCUT2D eigenvalue weighted by atomic mass is 9.86. The first kappa shape index (κ1) is 15.4. The first-order valence-corrected chi connectivity index (χ1v) is 8.38. The maximum Gasteiger partial charge on any atom is 0.242 e. The van der Waals surface area contributed by atoms with Gasteiger partial charge < -0.3 is 4.90 Å². The number of carbonyl (C=O) groups is 1. The zero-order valence-electron chi connectivity index (χ0n) is 13.7. The molecule has 0 aliphatic carbocycles. The highest BCUT2D eigenvalue weighted by Crippen LogP contribution is 2.32. The Bertz CT molecular complexity index is 513. The zero-order chi connectivity index (χ0) is 15.6. The molecule has 2 fully saturated rings. The summed E-state index contributed by atoms with van der Waals surface area (Å²) in [5.41, 5.74) is 0.757. The smallest absolute Gasteiger partial charge is 0.242 e. The Labute approximate surface area is 132 Å². The van der Waals surface area contributed by atoms with Gasteiger partial charge in [0.1, 0.15) is 0 Å². The van der Waals surface area contributed by atoms with Gasteiger partial charge in [0.05, 0.1) is 11.2 Å². The molecule has 1 amide bonds. The molecule has 5 nitrogen and oxygen atoms in total. The van der Waals surface area contributed by atoms with Crippen molar-refractivity contribution in [3.05, 3.63) is 24.3 Å². The van der Waals surface area contributed by atoms with Gasteiger partial charge in [-0.25, -0.2) is 0 Å². The second kappa shape index (κ2) is 6.32. The summed E-state index contributed by atoms with van der Waals surface area (Å²) in [6.45, 7) is 4.81. The van der Waals surface area contributed by atoms with Crippen molar-refractivity contribution in [1.82, 2.24) is 19.8 Å². The first-order chi connectivity index (χ1) is 10.6. The number of likely N-dealkylation sites (tertiary alicyclic amines) is 2. The number of hydrogen-bond donors (Lipinski definition) is 0. The number of piperidine rings is 2. The Hall–Kier alpha value is -1.49. The first-order valence-electron chi connectivity index (χ1n) is 8.38. The van der Waals surface area contributed by atoms with Gasteiger partial charge in [-0.3, -0.25) is 19.7 Å². The lowest BCUT2D eigenvalue weighted by molar-refractivity contribution is -0.146. The summed E-state index contributed by atoms with van der Waals surface area (Å²) in [6.07, 6.45) is 10.6. The van der Waals surface area contributed by atoms with Gasteiger partial charge in [0.2, 0.25) is 5.91 Å². The van der Waals surface area contributed by atoms with E-state index in [9.17, 15) is 4.79 Å². The van der Waals surface area contributed by atoms with Crippen LogP contribution in [0.4, 0.5) is 0 Å². The fourth-order valence-corrected chi connectivity index (χ4v) is 3.77. The maximum atomic E-state index is 13.0. The van der Waals surface area contributed by atoms with Gasteiger partial charge in [0.25, 0.3) is 0 Å². The van der Waals surface area contributed by atoms with E-state index >= 15 is 0 Å². The fraction of sp³-hybridized carbons (Fsp3) is 0.706. The molecule has 1 unspecified atom stereocenters. The van der Waals surface area contributed by atoms with Crippen LogP contribution in [0, 0.1) is 0 Å². The van der Waals surface area contributed by atoms with E-state index in [1.165, 1.54) is 6.42 Å². The van der Waals surface area contributed by atoms with Crippen LogP contribution in [0.15, 0.2) is 18.6 Å². The lowest BCUT2D eigenvalue weighted by Crippen LogP contribution is -2.59. The molecule has 0 N–H and O–H groups in total. The number of nitrogens with zero attached hydrogens (tertiary/aromatic N) is 4. The van der Waals surface area contributed by atoms with E-state index in [0.29, 0.717) is 11.8 Å². The summed E-state index contributed by atoms with van der Waals surface area (Å²) < 4.78 is 0. The quantitative estimate of drug-likeness (QED) is 0.839. The number of rotatable bonds is 2. The van der Waals surface area contributed by atoms with E-state index < -0.39 is 0 Å². The van der Waals surface area contributed by atoms with Gasteiger partial charge >= 0.3 is 0 Å². The topological polar surface area (TPSA) is 49.3 Å². The molecule has 0 radical (unpaired) electrons. The summed E-state index contributed by atoms with van der Waals surface area (Å²) in [5.74, 6) is 0.752. The normalized spacial score (nSPS) is 27.8. The Morgan fingerprint density at radius 3 is 2.64 bits per heavy atom. The molecule has 0 saturated carbocycles. The average Bonchev–Trinajstić information content (AvgIpc) is 2.58. The Kier molecular flexibility index (Phi) is 4.43. The summed E-state index contributed by atoms with van der Waals surface area (Å²) in [6, 6.07) is 0. The van der Waals surface area contributed by atoms with Crippen molar-refractivity contribution in [3.63, 3.8) is 0 Å². The summed E-state index contributed by atoms with van der Waals surface area (Å²) >= 11 is 0. The zero-order valence-corrected chi connectivity index (χ0v) is 13.7. The van der Waals surface area contributed by atoms with Crippen molar-refractivity contribution >= 4 is 5.91 Å². The predicted octanol–water partition coefficient (Wildman–Crippen LogP) is 2.06. The van der Waals surface area contributed by atoms with Crippen molar-refractivity contribution in [2.75, 3.05) is 26.7 Å². The summed E-state index contributed by atoms with van der Waals surface area (Å²) in [5, 5.41) is 0. The van der Waals surface area contributed by atoms with Crippen LogP contribution in [-0.2, 0) is 4.79 Å². The van der Waals surface area contributed by atoms with Crippen LogP contribution in [0.25, 0.3) is 0 Å². The van der Waals surface area contributed by atoms with E-state index in [2.05, 4.69) is 33.7 Å². The lowest BCUT2D eigenvalue weighted by Gasteiger charge is -2.45. The molecule has 1 atom stereocenters. The molecule has 3 heterocycles. The summed E-state index contributed by atoms with van der Waals surface area (Å²) in [7, 11) is 2.09. The standard InChI is InChI=1S/C17H26N4O/c1-17(7-3-4-10-20(17)2)16(22)21-11-5-14(6-12-21)15-13-18-8-9-19-15/h8-9,13-14H,3-7,10-12H2,1-2H3. The van der Waals surface area contributed by atoms with Crippen LogP contribution in [0.3, 0.4) is 0 Å². The molecule has 0 spiro atoms. The molecular formula is C17H26N4O. The molecule has 1 aromatic rings. The Morgan fingerprint density at radius 2 is 2.00 bits per heavy atom. The third-order valence-corrected chi connectivity index (χ3v) is 5.49. The minimum atomic E-state index is -0.308. The molecule has 3 rings (SSSR count). The van der Waals surface area contributed by atoms with Crippen molar-refractivity contribution in [2.24, 2.45) is 0 Å². The van der Waals surface area contributed by atoms with E-state index in [1.54, 1.807) is 12.4 Å². The number of likely N-dealkylation sites (N-methyl/N-ethyl adjacent to an activating group) is 1. The fourth-order valence-electron chi connectivity index (χ4n) is 3.77. The third-order valence-electron chi connectivity index (χ3n) is 5.49. The van der Waals surface area contributed by atoms with Crippen LogP contribution < -0.4 is 0 Å². The van der Waals surface area contributed by atoms with Gasteiger partial charge in [0, 0.05) is 37.6 Å². The van der Waals surface area contributed by atoms with Crippen LogP contribution in [0.2, 0.25) is 0 Å². The number of carbonyl (C=O) groups excluding carboxylic acids is 1. The van der Waals surface area contributed by atoms with Gasteiger partial charge in [0.15, 0.2) is 0 Å². The summed E-state index contributed by atoms with van der Waals surface area (Å²) in [4.78, 5) is 25.9.